The third kappa shape index (κ3) is 3.37. The molecule has 8 heteroatoms. The van der Waals surface area contributed by atoms with Gasteiger partial charge >= 0.3 is 5.97 Å². The molecule has 0 bridgehead atoms. The van der Waals surface area contributed by atoms with E-state index in [1.807, 2.05) is 6.92 Å². The number of hydrogen-bond donors (Lipinski definition) is 1. The molecule has 1 aromatic rings. The maximum absolute atomic E-state index is 12.7. The zero-order chi connectivity index (χ0) is 15.6. The van der Waals surface area contributed by atoms with Crippen molar-refractivity contribution in [1.29, 1.82) is 0 Å². The van der Waals surface area contributed by atoms with Crippen LogP contribution < -0.4 is 5.32 Å². The van der Waals surface area contributed by atoms with E-state index in [2.05, 4.69) is 10.1 Å². The summed E-state index contributed by atoms with van der Waals surface area (Å²) in [5.41, 5.74) is 0.156. The van der Waals surface area contributed by atoms with Crippen molar-refractivity contribution >= 4 is 27.6 Å². The van der Waals surface area contributed by atoms with Crippen molar-refractivity contribution in [1.82, 2.24) is 9.62 Å². The minimum atomic E-state index is -3.74. The monoisotopic (exact) mass is 332 g/mol. The number of carbonyl (C=O) groups is 1. The van der Waals surface area contributed by atoms with Gasteiger partial charge in [0.15, 0.2) is 0 Å². The molecule has 1 aliphatic rings. The van der Waals surface area contributed by atoms with E-state index in [1.54, 1.807) is 0 Å². The van der Waals surface area contributed by atoms with Gasteiger partial charge in [-0.05, 0) is 25.1 Å². The fourth-order valence-electron chi connectivity index (χ4n) is 2.20. The summed E-state index contributed by atoms with van der Waals surface area (Å²) in [6.07, 6.45) is 0. The van der Waals surface area contributed by atoms with E-state index >= 15 is 0 Å². The molecule has 0 radical (unpaired) electrons. The quantitative estimate of drug-likeness (QED) is 0.839. The number of hydrogen-bond acceptors (Lipinski definition) is 5. The zero-order valence-corrected chi connectivity index (χ0v) is 13.4. The molecule has 0 aromatic heterocycles. The summed E-state index contributed by atoms with van der Waals surface area (Å²) in [6, 6.07) is 4.16. The average Bonchev–Trinajstić information content (AvgIpc) is 2.46. The third-order valence-corrected chi connectivity index (χ3v) is 5.65. The number of piperazine rings is 1. The van der Waals surface area contributed by atoms with Crippen LogP contribution in [0.25, 0.3) is 0 Å². The number of halogens is 1. The molecule has 1 heterocycles. The molecular formula is C13H17ClN2O4S. The van der Waals surface area contributed by atoms with Gasteiger partial charge in [-0.1, -0.05) is 11.6 Å². The summed E-state index contributed by atoms with van der Waals surface area (Å²) in [5.74, 6) is -0.600. The Balaban J connectivity index is 2.41. The number of sulfonamides is 1. The predicted molar refractivity (Wildman–Crippen MR) is 79.0 cm³/mol. The van der Waals surface area contributed by atoms with Crippen molar-refractivity contribution in [3.8, 4) is 0 Å². The fourth-order valence-corrected chi connectivity index (χ4v) is 4.23. The Hall–Kier alpha value is -1.15. The van der Waals surface area contributed by atoms with Crippen LogP contribution in [0.3, 0.4) is 0 Å². The standard InChI is InChI=1S/C13H17ClN2O4S/c1-9-8-16(6-5-15-9)21(18,19)12-7-10(13(17)20-2)3-4-11(12)14/h3-4,7,9,15H,5-6,8H2,1-2H3/t9-/m0/s1. The summed E-state index contributed by atoms with van der Waals surface area (Å²) >= 11 is 6.01. The highest BCUT2D eigenvalue weighted by Gasteiger charge is 2.30. The van der Waals surface area contributed by atoms with Crippen molar-refractivity contribution < 1.29 is 17.9 Å². The number of esters is 1. The van der Waals surface area contributed by atoms with Gasteiger partial charge in [-0.2, -0.15) is 4.31 Å². The van der Waals surface area contributed by atoms with E-state index in [1.165, 1.54) is 29.6 Å². The van der Waals surface area contributed by atoms with Crippen molar-refractivity contribution in [3.63, 3.8) is 0 Å². The Bertz CT molecular complexity index is 648. The van der Waals surface area contributed by atoms with Gasteiger partial charge in [0.1, 0.15) is 4.90 Å². The smallest absolute Gasteiger partial charge is 0.337 e. The highest BCUT2D eigenvalue weighted by molar-refractivity contribution is 7.89. The van der Waals surface area contributed by atoms with Crippen LogP contribution >= 0.6 is 11.6 Å². The first-order valence-electron chi connectivity index (χ1n) is 6.47. The van der Waals surface area contributed by atoms with Crippen molar-refractivity contribution in [2.75, 3.05) is 26.7 Å². The third-order valence-electron chi connectivity index (χ3n) is 3.30. The first-order valence-corrected chi connectivity index (χ1v) is 8.29. The Morgan fingerprint density at radius 1 is 1.48 bits per heavy atom. The predicted octanol–water partition coefficient (Wildman–Crippen LogP) is 1.11. The molecule has 21 heavy (non-hydrogen) atoms. The molecule has 0 saturated carbocycles. The van der Waals surface area contributed by atoms with Crippen molar-refractivity contribution in [2.45, 2.75) is 17.9 Å². The van der Waals surface area contributed by atoms with E-state index < -0.39 is 16.0 Å². The Morgan fingerprint density at radius 2 is 2.19 bits per heavy atom. The molecule has 2 rings (SSSR count). The molecule has 116 valence electrons. The number of rotatable bonds is 3. The topological polar surface area (TPSA) is 75.7 Å². The highest BCUT2D eigenvalue weighted by atomic mass is 35.5. The van der Waals surface area contributed by atoms with Crippen LogP contribution in [-0.2, 0) is 14.8 Å². The summed E-state index contributed by atoms with van der Waals surface area (Å²) in [7, 11) is -2.50. The van der Waals surface area contributed by atoms with Gasteiger partial charge in [-0.25, -0.2) is 13.2 Å². The second-order valence-electron chi connectivity index (χ2n) is 4.86. The minimum Gasteiger partial charge on any atom is -0.465 e. The van der Waals surface area contributed by atoms with Gasteiger partial charge in [0.25, 0.3) is 0 Å². The molecule has 1 N–H and O–H groups in total. The number of ether oxygens (including phenoxy) is 1. The molecule has 0 aliphatic carbocycles. The van der Waals surface area contributed by atoms with Crippen LogP contribution in [0.4, 0.5) is 0 Å². The van der Waals surface area contributed by atoms with Gasteiger partial charge in [0.05, 0.1) is 17.7 Å². The normalized spacial score (nSPS) is 20.2. The highest BCUT2D eigenvalue weighted by Crippen LogP contribution is 2.26. The van der Waals surface area contributed by atoms with Gasteiger partial charge in [-0.3, -0.25) is 0 Å². The summed E-state index contributed by atoms with van der Waals surface area (Å²) in [6.45, 7) is 3.22. The molecular weight excluding hydrogens is 316 g/mol. The molecule has 1 fully saturated rings. The molecule has 6 nitrogen and oxygen atoms in total. The molecule has 1 aliphatic heterocycles. The molecule has 1 atom stereocenters. The van der Waals surface area contributed by atoms with Gasteiger partial charge in [-0.15, -0.1) is 0 Å². The second-order valence-corrected chi connectivity index (χ2v) is 7.17. The Kier molecular flexibility index (Phi) is 4.88. The lowest BCUT2D eigenvalue weighted by Gasteiger charge is -2.31. The minimum absolute atomic E-state index is 0.0658. The van der Waals surface area contributed by atoms with Crippen molar-refractivity contribution in [3.05, 3.63) is 28.8 Å². The fraction of sp³-hybridized carbons (Fsp3) is 0.462. The Labute approximate surface area is 129 Å². The lowest BCUT2D eigenvalue weighted by molar-refractivity contribution is 0.0600. The largest absolute Gasteiger partial charge is 0.465 e. The van der Waals surface area contributed by atoms with E-state index in [0.29, 0.717) is 19.6 Å². The Morgan fingerprint density at radius 3 is 2.81 bits per heavy atom. The first kappa shape index (κ1) is 16.2. The maximum atomic E-state index is 12.7. The first-order chi connectivity index (χ1) is 9.86. The van der Waals surface area contributed by atoms with Gasteiger partial charge in [0.2, 0.25) is 10.0 Å². The molecule has 0 amide bonds. The van der Waals surface area contributed by atoms with Crippen LogP contribution in [0.1, 0.15) is 17.3 Å². The molecule has 1 saturated heterocycles. The maximum Gasteiger partial charge on any atom is 0.337 e. The van der Waals surface area contributed by atoms with E-state index in [4.69, 9.17) is 11.6 Å². The number of methoxy groups -OCH3 is 1. The number of nitrogens with one attached hydrogen (secondary N) is 1. The molecule has 1 aromatic carbocycles. The summed E-state index contributed by atoms with van der Waals surface area (Å²) < 4.78 is 31.3. The molecule has 0 spiro atoms. The van der Waals surface area contributed by atoms with Crippen LogP contribution in [-0.4, -0.2) is 51.5 Å². The lowest BCUT2D eigenvalue weighted by Crippen LogP contribution is -2.51. The van der Waals surface area contributed by atoms with E-state index in [0.717, 1.165) is 0 Å². The lowest BCUT2D eigenvalue weighted by atomic mass is 10.2. The molecule has 0 unspecified atom stereocenters. The van der Waals surface area contributed by atoms with Crippen LogP contribution in [0.15, 0.2) is 23.1 Å². The summed E-state index contributed by atoms with van der Waals surface area (Å²) in [4.78, 5) is 11.5. The average molecular weight is 333 g/mol. The van der Waals surface area contributed by atoms with E-state index in [9.17, 15) is 13.2 Å². The summed E-state index contributed by atoms with van der Waals surface area (Å²) in [5, 5.41) is 3.27. The number of carbonyl (C=O) groups excluding carboxylic acids is 1. The zero-order valence-electron chi connectivity index (χ0n) is 11.8. The number of benzene rings is 1. The van der Waals surface area contributed by atoms with E-state index in [-0.39, 0.29) is 21.5 Å². The second kappa shape index (κ2) is 6.31. The van der Waals surface area contributed by atoms with Crippen LogP contribution in [0, 0.1) is 0 Å². The van der Waals surface area contributed by atoms with Gasteiger partial charge in [0, 0.05) is 25.7 Å². The van der Waals surface area contributed by atoms with Crippen LogP contribution in [0.5, 0.6) is 0 Å². The van der Waals surface area contributed by atoms with Gasteiger partial charge < -0.3 is 10.1 Å². The SMILES string of the molecule is COC(=O)c1ccc(Cl)c(S(=O)(=O)N2CCN[C@@H](C)C2)c1. The number of nitrogens with zero attached hydrogens (tertiary/aromatic N) is 1. The van der Waals surface area contributed by atoms with Crippen LogP contribution in [0.2, 0.25) is 5.02 Å². The van der Waals surface area contributed by atoms with Crippen molar-refractivity contribution in [2.24, 2.45) is 0 Å².